The number of fused-ring (bicyclic) bond motifs is 1. The molecule has 2 amide bonds. The number of carbonyl (C=O) groups is 2. The van der Waals surface area contributed by atoms with Gasteiger partial charge in [-0.3, -0.25) is 9.59 Å². The largest absolute Gasteiger partial charge is 0.324 e. The van der Waals surface area contributed by atoms with Crippen molar-refractivity contribution in [2.75, 3.05) is 10.6 Å². The summed E-state index contributed by atoms with van der Waals surface area (Å²) in [6.45, 7) is 0. The molecule has 1 unspecified atom stereocenters. The molecule has 7 heteroatoms. The van der Waals surface area contributed by atoms with Gasteiger partial charge in [0.05, 0.1) is 10.6 Å². The lowest BCUT2D eigenvalue weighted by Crippen LogP contribution is -2.19. The molecule has 0 saturated heterocycles. The molecular formula is C31H22Cl2N2O2S. The number of benzene rings is 5. The van der Waals surface area contributed by atoms with Gasteiger partial charge in [0.1, 0.15) is 5.25 Å². The number of rotatable bonds is 7. The first-order valence-corrected chi connectivity index (χ1v) is 13.5. The van der Waals surface area contributed by atoms with Crippen molar-refractivity contribution in [1.82, 2.24) is 0 Å². The van der Waals surface area contributed by atoms with E-state index in [1.165, 1.54) is 17.8 Å². The lowest BCUT2D eigenvalue weighted by molar-refractivity contribution is -0.115. The highest BCUT2D eigenvalue weighted by molar-refractivity contribution is 8.00. The maximum absolute atomic E-state index is 13.6. The van der Waals surface area contributed by atoms with Crippen LogP contribution in [0.5, 0.6) is 0 Å². The van der Waals surface area contributed by atoms with Crippen LogP contribution in [0.4, 0.5) is 11.4 Å². The summed E-state index contributed by atoms with van der Waals surface area (Å²) in [7, 11) is 0. The molecule has 0 aliphatic rings. The minimum absolute atomic E-state index is 0.118. The molecule has 0 saturated carbocycles. The monoisotopic (exact) mass is 556 g/mol. The van der Waals surface area contributed by atoms with Crippen molar-refractivity contribution in [3.8, 4) is 0 Å². The van der Waals surface area contributed by atoms with E-state index >= 15 is 0 Å². The zero-order chi connectivity index (χ0) is 26.5. The van der Waals surface area contributed by atoms with Gasteiger partial charge in [0.25, 0.3) is 5.91 Å². The van der Waals surface area contributed by atoms with Gasteiger partial charge in [0, 0.05) is 26.7 Å². The standard InChI is InChI=1S/C31H22Cl2N2O2S/c32-22-13-18-26(27(33)19-22)30(36)34-23-14-16-24(17-15-23)38-29(21-8-2-1-3-9-21)31(37)35-28-12-6-10-20-7-4-5-11-25(20)28/h1-19,29H,(H,34,36)(H,35,37). The van der Waals surface area contributed by atoms with E-state index in [9.17, 15) is 9.59 Å². The second kappa shape index (κ2) is 11.7. The number of amides is 2. The number of carbonyl (C=O) groups excluding carboxylic acids is 2. The molecule has 0 heterocycles. The lowest BCUT2D eigenvalue weighted by atomic mass is 10.1. The van der Waals surface area contributed by atoms with E-state index < -0.39 is 5.25 Å². The molecule has 2 N–H and O–H groups in total. The van der Waals surface area contributed by atoms with Crippen LogP contribution in [0.2, 0.25) is 10.0 Å². The summed E-state index contributed by atoms with van der Waals surface area (Å²) in [5, 5.41) is 8.29. The van der Waals surface area contributed by atoms with Gasteiger partial charge in [-0.15, -0.1) is 11.8 Å². The summed E-state index contributed by atoms with van der Waals surface area (Å²) in [6.07, 6.45) is 0. The summed E-state index contributed by atoms with van der Waals surface area (Å²) in [6, 6.07) is 35.6. The van der Waals surface area contributed by atoms with E-state index in [1.807, 2.05) is 84.9 Å². The van der Waals surface area contributed by atoms with Gasteiger partial charge in [0.2, 0.25) is 5.91 Å². The van der Waals surface area contributed by atoms with Crippen LogP contribution in [-0.4, -0.2) is 11.8 Å². The fourth-order valence-electron chi connectivity index (χ4n) is 4.06. The second-order valence-electron chi connectivity index (χ2n) is 8.53. The van der Waals surface area contributed by atoms with Crippen molar-refractivity contribution >= 4 is 68.9 Å². The van der Waals surface area contributed by atoms with Gasteiger partial charge < -0.3 is 10.6 Å². The third-order valence-electron chi connectivity index (χ3n) is 5.93. The summed E-state index contributed by atoms with van der Waals surface area (Å²) in [5.41, 5.74) is 2.61. The number of nitrogens with one attached hydrogen (secondary N) is 2. The highest BCUT2D eigenvalue weighted by Gasteiger charge is 2.23. The van der Waals surface area contributed by atoms with Gasteiger partial charge in [-0.25, -0.2) is 0 Å². The lowest BCUT2D eigenvalue weighted by Gasteiger charge is -2.18. The predicted octanol–water partition coefficient (Wildman–Crippen LogP) is 8.87. The van der Waals surface area contributed by atoms with E-state index in [0.717, 1.165) is 26.9 Å². The van der Waals surface area contributed by atoms with Gasteiger partial charge in [-0.1, -0.05) is 89.9 Å². The molecule has 188 valence electrons. The molecule has 5 aromatic rings. The van der Waals surface area contributed by atoms with Gasteiger partial charge in [-0.05, 0) is 59.5 Å². The molecule has 0 aliphatic carbocycles. The van der Waals surface area contributed by atoms with Crippen LogP contribution >= 0.6 is 35.0 Å². The van der Waals surface area contributed by atoms with Crippen LogP contribution in [0.15, 0.2) is 120 Å². The van der Waals surface area contributed by atoms with Gasteiger partial charge in [0.15, 0.2) is 0 Å². The molecule has 4 nitrogen and oxygen atoms in total. The zero-order valence-corrected chi connectivity index (χ0v) is 22.4. The topological polar surface area (TPSA) is 58.2 Å². The van der Waals surface area contributed by atoms with Crippen LogP contribution in [0.3, 0.4) is 0 Å². The maximum Gasteiger partial charge on any atom is 0.257 e. The average molecular weight is 558 g/mol. The smallest absolute Gasteiger partial charge is 0.257 e. The minimum atomic E-state index is -0.483. The molecule has 1 atom stereocenters. The van der Waals surface area contributed by atoms with E-state index in [0.29, 0.717) is 16.3 Å². The third-order valence-corrected chi connectivity index (χ3v) is 7.74. The van der Waals surface area contributed by atoms with Crippen molar-refractivity contribution in [2.24, 2.45) is 0 Å². The summed E-state index contributed by atoms with van der Waals surface area (Å²) in [4.78, 5) is 27.1. The minimum Gasteiger partial charge on any atom is -0.324 e. The predicted molar refractivity (Wildman–Crippen MR) is 158 cm³/mol. The first-order valence-electron chi connectivity index (χ1n) is 11.8. The molecule has 38 heavy (non-hydrogen) atoms. The number of thioether (sulfide) groups is 1. The molecule has 0 aliphatic heterocycles. The van der Waals surface area contributed by atoms with Crippen molar-refractivity contribution in [2.45, 2.75) is 10.1 Å². The van der Waals surface area contributed by atoms with Crippen molar-refractivity contribution in [3.05, 3.63) is 136 Å². The maximum atomic E-state index is 13.6. The Labute approximate surface area is 235 Å². The number of hydrogen-bond acceptors (Lipinski definition) is 3. The SMILES string of the molecule is O=C(Nc1ccc(SC(C(=O)Nc2cccc3ccccc23)c2ccccc2)cc1)c1ccc(Cl)cc1Cl. The van der Waals surface area contributed by atoms with Gasteiger partial charge in [-0.2, -0.15) is 0 Å². The average Bonchev–Trinajstić information content (AvgIpc) is 2.93. The fourth-order valence-corrected chi connectivity index (χ4v) is 5.58. The third kappa shape index (κ3) is 6.03. The highest BCUT2D eigenvalue weighted by Crippen LogP contribution is 2.37. The summed E-state index contributed by atoms with van der Waals surface area (Å²) < 4.78 is 0. The van der Waals surface area contributed by atoms with Crippen LogP contribution in [-0.2, 0) is 4.79 Å². The Morgan fingerprint density at radius 1 is 0.711 bits per heavy atom. The molecule has 5 rings (SSSR count). The Bertz CT molecular complexity index is 1600. The van der Waals surface area contributed by atoms with Crippen molar-refractivity contribution in [1.29, 1.82) is 0 Å². The Hall–Kier alpha value is -3.77. The fraction of sp³-hybridized carbons (Fsp3) is 0.0323. The number of halogens is 2. The van der Waals surface area contributed by atoms with E-state index in [4.69, 9.17) is 23.2 Å². The molecule has 0 bridgehead atoms. The Kier molecular flexibility index (Phi) is 7.99. The quantitative estimate of drug-likeness (QED) is 0.197. The van der Waals surface area contributed by atoms with Gasteiger partial charge >= 0.3 is 0 Å². The normalized spacial score (nSPS) is 11.6. The van der Waals surface area contributed by atoms with Crippen molar-refractivity contribution in [3.63, 3.8) is 0 Å². The molecule has 5 aromatic carbocycles. The summed E-state index contributed by atoms with van der Waals surface area (Å²) in [5.74, 6) is -0.448. The molecular weight excluding hydrogens is 535 g/mol. The van der Waals surface area contributed by atoms with Crippen molar-refractivity contribution < 1.29 is 9.59 Å². The van der Waals surface area contributed by atoms with E-state index in [2.05, 4.69) is 10.6 Å². The summed E-state index contributed by atoms with van der Waals surface area (Å²) >= 11 is 13.5. The van der Waals surface area contributed by atoms with E-state index in [-0.39, 0.29) is 16.8 Å². The van der Waals surface area contributed by atoms with Crippen LogP contribution < -0.4 is 10.6 Å². The number of anilines is 2. The molecule has 0 fully saturated rings. The molecule has 0 radical (unpaired) electrons. The van der Waals surface area contributed by atoms with Crippen LogP contribution in [0, 0.1) is 0 Å². The highest BCUT2D eigenvalue weighted by atomic mass is 35.5. The molecule has 0 aromatic heterocycles. The van der Waals surface area contributed by atoms with E-state index in [1.54, 1.807) is 24.3 Å². The Morgan fingerprint density at radius 3 is 2.18 bits per heavy atom. The number of hydrogen-bond donors (Lipinski definition) is 2. The first kappa shape index (κ1) is 25.9. The Balaban J connectivity index is 1.34. The zero-order valence-electron chi connectivity index (χ0n) is 20.0. The van der Waals surface area contributed by atoms with Crippen LogP contribution in [0.1, 0.15) is 21.2 Å². The molecule has 0 spiro atoms. The Morgan fingerprint density at radius 2 is 1.42 bits per heavy atom. The van der Waals surface area contributed by atoms with Crippen LogP contribution in [0.25, 0.3) is 10.8 Å². The first-order chi connectivity index (χ1) is 18.5. The second-order valence-corrected chi connectivity index (χ2v) is 10.5.